The van der Waals surface area contributed by atoms with Gasteiger partial charge in [-0.25, -0.2) is 4.79 Å². The van der Waals surface area contributed by atoms with Gasteiger partial charge in [0.1, 0.15) is 5.75 Å². The van der Waals surface area contributed by atoms with Crippen LogP contribution in [0.3, 0.4) is 0 Å². The summed E-state index contributed by atoms with van der Waals surface area (Å²) in [5, 5.41) is 3.84. The highest BCUT2D eigenvalue weighted by atomic mass is 35.5. The van der Waals surface area contributed by atoms with E-state index in [0.29, 0.717) is 27.9 Å². The van der Waals surface area contributed by atoms with Crippen LogP contribution in [0.1, 0.15) is 55.2 Å². The number of hydrogen-bond acceptors (Lipinski definition) is 5. The summed E-state index contributed by atoms with van der Waals surface area (Å²) in [6.07, 6.45) is 3.70. The van der Waals surface area contributed by atoms with Crippen LogP contribution in [0.4, 0.5) is 5.69 Å². The van der Waals surface area contributed by atoms with Crippen molar-refractivity contribution in [1.82, 2.24) is 4.98 Å². The molecule has 1 unspecified atom stereocenters. The van der Waals surface area contributed by atoms with Gasteiger partial charge in [-0.1, -0.05) is 57.0 Å². The van der Waals surface area contributed by atoms with Crippen LogP contribution in [0.15, 0.2) is 42.5 Å². The zero-order chi connectivity index (χ0) is 25.2. The van der Waals surface area contributed by atoms with E-state index in [1.54, 1.807) is 18.2 Å². The lowest BCUT2D eigenvalue weighted by Gasteiger charge is -2.37. The number of methoxy groups -OCH3 is 1. The second-order valence-corrected chi connectivity index (χ2v) is 10.1. The summed E-state index contributed by atoms with van der Waals surface area (Å²) in [6, 6.07) is 12.5. The number of nitrogens with one attached hydrogen (secondary N) is 1. The van der Waals surface area contributed by atoms with Crippen molar-refractivity contribution >= 4 is 40.1 Å². The fourth-order valence-electron chi connectivity index (χ4n) is 4.72. The lowest BCUT2D eigenvalue weighted by atomic mass is 9.68. The Morgan fingerprint density at radius 2 is 1.97 bits per heavy atom. The van der Waals surface area contributed by atoms with Crippen molar-refractivity contribution in [2.24, 2.45) is 11.3 Å². The number of pyridine rings is 1. The molecule has 1 amide bonds. The zero-order valence-electron chi connectivity index (χ0n) is 20.6. The number of fused-ring (bicyclic) bond motifs is 2. The summed E-state index contributed by atoms with van der Waals surface area (Å²) in [7, 11) is 1.52. The van der Waals surface area contributed by atoms with E-state index >= 15 is 0 Å². The minimum absolute atomic E-state index is 0.157. The standard InChI is InChI=1S/C28H31ClN2O4/c1-5-28(2,3)17-10-12-23-20(14-17)26(19-8-6-7-9-22(19)31-23)27(33)35-16-25(32)30-18-11-13-24(34-4)21(29)15-18/h6-9,11,13,15,17H,5,10,12,14,16H2,1-4H3,(H,30,32). The molecule has 184 valence electrons. The van der Waals surface area contributed by atoms with Crippen LogP contribution >= 0.6 is 11.6 Å². The third-order valence-corrected chi connectivity index (χ3v) is 7.54. The molecule has 1 N–H and O–H groups in total. The van der Waals surface area contributed by atoms with Gasteiger partial charge in [0.05, 0.1) is 23.2 Å². The second kappa shape index (κ2) is 10.2. The van der Waals surface area contributed by atoms with E-state index in [4.69, 9.17) is 26.1 Å². The first-order valence-electron chi connectivity index (χ1n) is 11.9. The number of carbonyl (C=O) groups excluding carboxylic acids is 2. The summed E-state index contributed by atoms with van der Waals surface area (Å²) >= 11 is 6.13. The number of amides is 1. The third kappa shape index (κ3) is 5.27. The molecule has 0 bridgehead atoms. The molecule has 0 fully saturated rings. The quantitative estimate of drug-likeness (QED) is 0.394. The average molecular weight is 495 g/mol. The van der Waals surface area contributed by atoms with Crippen molar-refractivity contribution in [2.75, 3.05) is 19.0 Å². The predicted molar refractivity (Wildman–Crippen MR) is 138 cm³/mol. The first-order valence-corrected chi connectivity index (χ1v) is 12.3. The molecular formula is C28H31ClN2O4. The van der Waals surface area contributed by atoms with Crippen molar-refractivity contribution < 1.29 is 19.1 Å². The molecule has 0 spiro atoms. The van der Waals surface area contributed by atoms with Crippen LogP contribution in [-0.4, -0.2) is 30.6 Å². The number of nitrogens with zero attached hydrogens (tertiary/aromatic N) is 1. The molecule has 6 nitrogen and oxygen atoms in total. The van der Waals surface area contributed by atoms with Gasteiger partial charge in [0.25, 0.3) is 5.91 Å². The number of halogens is 1. The van der Waals surface area contributed by atoms with E-state index in [-0.39, 0.29) is 5.41 Å². The molecule has 1 aromatic heterocycles. The molecule has 4 rings (SSSR count). The molecule has 3 aromatic rings. The van der Waals surface area contributed by atoms with Gasteiger partial charge in [-0.15, -0.1) is 0 Å². The van der Waals surface area contributed by atoms with Crippen molar-refractivity contribution in [3.8, 4) is 5.75 Å². The van der Waals surface area contributed by atoms with Crippen molar-refractivity contribution in [3.05, 3.63) is 64.3 Å². The highest BCUT2D eigenvalue weighted by Crippen LogP contribution is 2.41. The first kappa shape index (κ1) is 25.0. The zero-order valence-corrected chi connectivity index (χ0v) is 21.4. The van der Waals surface area contributed by atoms with Gasteiger partial charge in [0.2, 0.25) is 0 Å². The van der Waals surface area contributed by atoms with Crippen LogP contribution in [0.2, 0.25) is 5.02 Å². The smallest absolute Gasteiger partial charge is 0.339 e. The predicted octanol–water partition coefficient (Wildman–Crippen LogP) is 6.23. The Morgan fingerprint density at radius 1 is 1.20 bits per heavy atom. The number of esters is 1. The van der Waals surface area contributed by atoms with E-state index in [1.807, 2.05) is 24.3 Å². The number of anilines is 1. The Morgan fingerprint density at radius 3 is 2.69 bits per heavy atom. The number of ether oxygens (including phenoxy) is 2. The van der Waals surface area contributed by atoms with E-state index < -0.39 is 18.5 Å². The largest absolute Gasteiger partial charge is 0.495 e. The summed E-state index contributed by atoms with van der Waals surface area (Å²) < 4.78 is 10.7. The maximum atomic E-state index is 13.4. The number of aromatic nitrogens is 1. The Hall–Kier alpha value is -3.12. The van der Waals surface area contributed by atoms with Crippen LogP contribution in [0, 0.1) is 11.3 Å². The molecule has 0 saturated heterocycles. The molecule has 1 aliphatic carbocycles. The molecule has 1 aliphatic rings. The molecule has 1 heterocycles. The molecule has 7 heteroatoms. The summed E-state index contributed by atoms with van der Waals surface area (Å²) in [5.74, 6) is 0.00198. The summed E-state index contributed by atoms with van der Waals surface area (Å²) in [6.45, 7) is 6.37. The number of benzene rings is 2. The van der Waals surface area contributed by atoms with E-state index in [2.05, 4.69) is 26.1 Å². The molecule has 35 heavy (non-hydrogen) atoms. The summed E-state index contributed by atoms with van der Waals surface area (Å²) in [4.78, 5) is 30.8. The SMILES string of the molecule is CCC(C)(C)C1CCc2nc3ccccc3c(C(=O)OCC(=O)Nc3ccc(OC)c(Cl)c3)c2C1. The molecule has 2 aromatic carbocycles. The first-order chi connectivity index (χ1) is 16.7. The Balaban J connectivity index is 1.57. The van der Waals surface area contributed by atoms with Gasteiger partial charge < -0.3 is 14.8 Å². The van der Waals surface area contributed by atoms with Crippen LogP contribution in [0.5, 0.6) is 5.75 Å². The molecule has 0 saturated carbocycles. The van der Waals surface area contributed by atoms with Crippen LogP contribution < -0.4 is 10.1 Å². The molecule has 0 aliphatic heterocycles. The average Bonchev–Trinajstić information content (AvgIpc) is 2.85. The number of carbonyl (C=O) groups is 2. The van der Waals surface area contributed by atoms with Crippen LogP contribution in [0.25, 0.3) is 10.9 Å². The van der Waals surface area contributed by atoms with E-state index in [1.165, 1.54) is 7.11 Å². The van der Waals surface area contributed by atoms with Crippen LogP contribution in [-0.2, 0) is 22.4 Å². The maximum Gasteiger partial charge on any atom is 0.339 e. The fraction of sp³-hybridized carbons (Fsp3) is 0.393. The summed E-state index contributed by atoms with van der Waals surface area (Å²) in [5.41, 5.74) is 3.86. The van der Waals surface area contributed by atoms with Gasteiger partial charge in [0, 0.05) is 16.8 Å². The minimum Gasteiger partial charge on any atom is -0.495 e. The monoisotopic (exact) mass is 494 g/mol. The van der Waals surface area contributed by atoms with Gasteiger partial charge in [0.15, 0.2) is 6.61 Å². The second-order valence-electron chi connectivity index (χ2n) is 9.68. The van der Waals surface area contributed by atoms with Gasteiger partial charge >= 0.3 is 5.97 Å². The highest BCUT2D eigenvalue weighted by Gasteiger charge is 2.34. The van der Waals surface area contributed by atoms with E-state index in [9.17, 15) is 9.59 Å². The Bertz CT molecular complexity index is 1270. The lowest BCUT2D eigenvalue weighted by Crippen LogP contribution is -2.31. The van der Waals surface area contributed by atoms with Gasteiger partial charge in [-0.05, 0) is 60.4 Å². The van der Waals surface area contributed by atoms with Crippen molar-refractivity contribution in [3.63, 3.8) is 0 Å². The Labute approximate surface area is 211 Å². The number of hydrogen-bond donors (Lipinski definition) is 1. The van der Waals surface area contributed by atoms with Gasteiger partial charge in [-0.3, -0.25) is 9.78 Å². The molecule has 0 radical (unpaired) electrons. The highest BCUT2D eigenvalue weighted by molar-refractivity contribution is 6.32. The fourth-order valence-corrected chi connectivity index (χ4v) is 4.98. The van der Waals surface area contributed by atoms with Gasteiger partial charge in [-0.2, -0.15) is 0 Å². The number of para-hydroxylation sites is 1. The number of rotatable bonds is 7. The van der Waals surface area contributed by atoms with Crippen molar-refractivity contribution in [1.29, 1.82) is 0 Å². The maximum absolute atomic E-state index is 13.4. The Kier molecular flexibility index (Phi) is 7.31. The number of aryl methyl sites for hydroxylation is 1. The normalized spacial score (nSPS) is 15.4. The molecular weight excluding hydrogens is 464 g/mol. The minimum atomic E-state index is -0.502. The van der Waals surface area contributed by atoms with Crippen molar-refractivity contribution in [2.45, 2.75) is 46.5 Å². The third-order valence-electron chi connectivity index (χ3n) is 7.25. The van der Waals surface area contributed by atoms with E-state index in [0.717, 1.165) is 47.8 Å². The molecule has 1 atom stereocenters. The topological polar surface area (TPSA) is 77.5 Å². The lowest BCUT2D eigenvalue weighted by molar-refractivity contribution is -0.119.